The van der Waals surface area contributed by atoms with E-state index < -0.39 is 0 Å². The van der Waals surface area contributed by atoms with E-state index in [4.69, 9.17) is 0 Å². The average Bonchev–Trinajstić information content (AvgIpc) is 2.62. The summed E-state index contributed by atoms with van der Waals surface area (Å²) in [7, 11) is 0. The molecule has 72 valence electrons. The molecular formula is C11H21Br. The Kier molecular flexibility index (Phi) is 2.92. The zero-order chi connectivity index (χ0) is 9.41. The van der Waals surface area contributed by atoms with Crippen molar-refractivity contribution in [1.29, 1.82) is 0 Å². The summed E-state index contributed by atoms with van der Waals surface area (Å²) >= 11 is 3.66. The summed E-state index contributed by atoms with van der Waals surface area (Å²) in [6, 6.07) is 0. The highest BCUT2D eigenvalue weighted by Crippen LogP contribution is 2.59. The Hall–Kier alpha value is 0.480. The van der Waals surface area contributed by atoms with E-state index in [1.54, 1.807) is 0 Å². The van der Waals surface area contributed by atoms with Crippen LogP contribution in [-0.2, 0) is 0 Å². The van der Waals surface area contributed by atoms with E-state index in [1.807, 2.05) is 0 Å². The molecule has 1 heteroatoms. The maximum atomic E-state index is 3.66. The highest BCUT2D eigenvalue weighted by atomic mass is 79.9. The Morgan fingerprint density at radius 2 is 2.00 bits per heavy atom. The molecule has 0 aromatic carbocycles. The van der Waals surface area contributed by atoms with Crippen LogP contribution in [0.4, 0.5) is 0 Å². The monoisotopic (exact) mass is 232 g/mol. The highest BCUT2D eigenvalue weighted by Gasteiger charge is 2.51. The SMILES string of the molecule is CCC(C)(C)CC1(CBr)CC1C. The fraction of sp³-hybridized carbons (Fsp3) is 1.00. The number of hydrogen-bond acceptors (Lipinski definition) is 0. The first-order valence-electron chi connectivity index (χ1n) is 5.02. The molecule has 0 aromatic heterocycles. The summed E-state index contributed by atoms with van der Waals surface area (Å²) in [5, 5.41) is 1.20. The minimum Gasteiger partial charge on any atom is -0.0922 e. The van der Waals surface area contributed by atoms with E-state index in [2.05, 4.69) is 43.6 Å². The number of halogens is 1. The Morgan fingerprint density at radius 1 is 1.50 bits per heavy atom. The van der Waals surface area contributed by atoms with Gasteiger partial charge in [-0.2, -0.15) is 0 Å². The molecule has 1 rings (SSSR count). The van der Waals surface area contributed by atoms with Gasteiger partial charge in [-0.05, 0) is 29.6 Å². The molecule has 0 bridgehead atoms. The Morgan fingerprint density at radius 3 is 2.25 bits per heavy atom. The van der Waals surface area contributed by atoms with E-state index in [1.165, 1.54) is 24.6 Å². The Bertz CT molecular complexity index is 158. The van der Waals surface area contributed by atoms with Crippen molar-refractivity contribution in [2.45, 2.75) is 47.0 Å². The van der Waals surface area contributed by atoms with Crippen molar-refractivity contribution in [2.75, 3.05) is 5.33 Å². The van der Waals surface area contributed by atoms with E-state index in [-0.39, 0.29) is 0 Å². The van der Waals surface area contributed by atoms with E-state index in [0.29, 0.717) is 10.8 Å². The summed E-state index contributed by atoms with van der Waals surface area (Å²) in [6.45, 7) is 9.47. The van der Waals surface area contributed by atoms with Crippen molar-refractivity contribution >= 4 is 15.9 Å². The summed E-state index contributed by atoms with van der Waals surface area (Å²) in [4.78, 5) is 0. The van der Waals surface area contributed by atoms with Crippen LogP contribution in [0.25, 0.3) is 0 Å². The lowest BCUT2D eigenvalue weighted by Crippen LogP contribution is -2.19. The molecule has 0 amide bonds. The fourth-order valence-electron chi connectivity index (χ4n) is 2.11. The number of hydrogen-bond donors (Lipinski definition) is 0. The maximum Gasteiger partial charge on any atom is 0.00908 e. The minimum atomic E-state index is 0.540. The smallest absolute Gasteiger partial charge is 0.00908 e. The standard InChI is InChI=1S/C11H21Br/c1-5-10(3,4)7-11(8-12)6-9(11)2/h9H,5-8H2,1-4H3. The van der Waals surface area contributed by atoms with Gasteiger partial charge < -0.3 is 0 Å². The molecule has 0 spiro atoms. The quantitative estimate of drug-likeness (QED) is 0.637. The molecule has 0 heterocycles. The largest absolute Gasteiger partial charge is 0.0922 e. The first kappa shape index (κ1) is 10.6. The molecule has 12 heavy (non-hydrogen) atoms. The molecule has 0 nitrogen and oxygen atoms in total. The lowest BCUT2D eigenvalue weighted by atomic mass is 9.79. The van der Waals surface area contributed by atoms with Crippen molar-refractivity contribution in [1.82, 2.24) is 0 Å². The van der Waals surface area contributed by atoms with Crippen LogP contribution < -0.4 is 0 Å². The summed E-state index contributed by atoms with van der Waals surface area (Å²) in [6.07, 6.45) is 4.12. The normalized spacial score (nSPS) is 35.2. The van der Waals surface area contributed by atoms with Crippen LogP contribution in [0.2, 0.25) is 0 Å². The molecule has 1 fully saturated rings. The van der Waals surface area contributed by atoms with Gasteiger partial charge >= 0.3 is 0 Å². The zero-order valence-electron chi connectivity index (χ0n) is 8.78. The lowest BCUT2D eigenvalue weighted by molar-refractivity contribution is 0.248. The van der Waals surface area contributed by atoms with Crippen molar-refractivity contribution in [2.24, 2.45) is 16.7 Å². The van der Waals surface area contributed by atoms with Gasteiger partial charge in [0.05, 0.1) is 0 Å². The molecule has 1 aliphatic carbocycles. The van der Waals surface area contributed by atoms with Crippen LogP contribution in [0.5, 0.6) is 0 Å². The van der Waals surface area contributed by atoms with E-state index in [9.17, 15) is 0 Å². The molecule has 1 aliphatic rings. The molecular weight excluding hydrogens is 212 g/mol. The van der Waals surface area contributed by atoms with Gasteiger partial charge in [0.1, 0.15) is 0 Å². The van der Waals surface area contributed by atoms with Crippen LogP contribution in [0.3, 0.4) is 0 Å². The van der Waals surface area contributed by atoms with Crippen LogP contribution in [0, 0.1) is 16.7 Å². The van der Waals surface area contributed by atoms with Gasteiger partial charge in [-0.1, -0.05) is 50.0 Å². The van der Waals surface area contributed by atoms with Gasteiger partial charge in [-0.25, -0.2) is 0 Å². The molecule has 0 aromatic rings. The molecule has 0 saturated heterocycles. The van der Waals surface area contributed by atoms with Crippen molar-refractivity contribution in [3.8, 4) is 0 Å². The second-order valence-electron chi connectivity index (χ2n) is 5.30. The van der Waals surface area contributed by atoms with Crippen LogP contribution in [0.15, 0.2) is 0 Å². The summed E-state index contributed by atoms with van der Waals surface area (Å²) in [5.41, 5.74) is 1.19. The molecule has 2 unspecified atom stereocenters. The van der Waals surface area contributed by atoms with Crippen molar-refractivity contribution in [3.63, 3.8) is 0 Å². The van der Waals surface area contributed by atoms with Gasteiger partial charge in [0.25, 0.3) is 0 Å². The second kappa shape index (κ2) is 3.32. The van der Waals surface area contributed by atoms with Gasteiger partial charge in [0, 0.05) is 5.33 Å². The second-order valence-corrected chi connectivity index (χ2v) is 5.86. The Labute approximate surface area is 85.3 Å². The molecule has 0 aliphatic heterocycles. The summed E-state index contributed by atoms with van der Waals surface area (Å²) < 4.78 is 0. The van der Waals surface area contributed by atoms with Crippen LogP contribution in [-0.4, -0.2) is 5.33 Å². The topological polar surface area (TPSA) is 0 Å². The first-order chi connectivity index (χ1) is 5.46. The lowest BCUT2D eigenvalue weighted by Gasteiger charge is -2.28. The van der Waals surface area contributed by atoms with Gasteiger partial charge in [-0.3, -0.25) is 0 Å². The van der Waals surface area contributed by atoms with Crippen LogP contribution >= 0.6 is 15.9 Å². The molecule has 1 saturated carbocycles. The van der Waals surface area contributed by atoms with E-state index in [0.717, 1.165) is 5.92 Å². The molecule has 0 radical (unpaired) electrons. The highest BCUT2D eigenvalue weighted by molar-refractivity contribution is 9.09. The number of rotatable bonds is 4. The predicted molar refractivity (Wildman–Crippen MR) is 58.7 cm³/mol. The maximum absolute atomic E-state index is 3.66. The molecule has 0 N–H and O–H groups in total. The van der Waals surface area contributed by atoms with Crippen LogP contribution in [0.1, 0.15) is 47.0 Å². The van der Waals surface area contributed by atoms with Gasteiger partial charge in [-0.15, -0.1) is 0 Å². The third kappa shape index (κ3) is 2.04. The predicted octanol–water partition coefficient (Wildman–Crippen LogP) is 4.23. The average molecular weight is 233 g/mol. The third-order valence-electron chi connectivity index (χ3n) is 3.65. The zero-order valence-corrected chi connectivity index (χ0v) is 10.4. The van der Waals surface area contributed by atoms with Gasteiger partial charge in [0.2, 0.25) is 0 Å². The number of alkyl halides is 1. The van der Waals surface area contributed by atoms with Crippen molar-refractivity contribution in [3.05, 3.63) is 0 Å². The third-order valence-corrected chi connectivity index (χ3v) is 4.77. The van der Waals surface area contributed by atoms with Crippen molar-refractivity contribution < 1.29 is 0 Å². The molecule has 2 atom stereocenters. The van der Waals surface area contributed by atoms with E-state index >= 15 is 0 Å². The van der Waals surface area contributed by atoms with Gasteiger partial charge in [0.15, 0.2) is 0 Å². The summed E-state index contributed by atoms with van der Waals surface area (Å²) in [5.74, 6) is 0.947. The minimum absolute atomic E-state index is 0.540. The fourth-order valence-corrected chi connectivity index (χ4v) is 3.09. The Balaban J connectivity index is 2.50. The first-order valence-corrected chi connectivity index (χ1v) is 6.14.